The molecule has 2 aromatic rings. The van der Waals surface area contributed by atoms with Crippen LogP contribution in [0.2, 0.25) is 0 Å². The number of nitrogens with one attached hydrogen (secondary N) is 2. The van der Waals surface area contributed by atoms with E-state index in [0.717, 1.165) is 5.56 Å². The molecule has 0 radical (unpaired) electrons. The second kappa shape index (κ2) is 4.59. The Kier molecular flexibility index (Phi) is 2.98. The van der Waals surface area contributed by atoms with Crippen molar-refractivity contribution in [2.75, 3.05) is 5.32 Å². The first-order valence-electron chi connectivity index (χ1n) is 4.80. The highest BCUT2D eigenvalue weighted by molar-refractivity contribution is 6.03. The Labute approximate surface area is 92.1 Å². The molecular weight excluding hydrogens is 206 g/mol. The molecule has 1 aromatic carbocycles. The van der Waals surface area contributed by atoms with E-state index in [0.29, 0.717) is 11.4 Å². The second-order valence-electron chi connectivity index (χ2n) is 3.28. The van der Waals surface area contributed by atoms with Crippen LogP contribution in [0.1, 0.15) is 15.9 Å². The van der Waals surface area contributed by atoms with Gasteiger partial charge in [-0.25, -0.2) is 0 Å². The first-order valence-corrected chi connectivity index (χ1v) is 4.80. The normalized spacial score (nSPS) is 10.1. The number of amides is 1. The SMILES string of the molecule is O=C(Nc1ccn[nH]1)c1ccc(CO)cc1. The molecule has 2 rings (SSSR count). The number of rotatable bonds is 3. The minimum atomic E-state index is -0.214. The molecule has 0 aliphatic heterocycles. The van der Waals surface area contributed by atoms with Crippen molar-refractivity contribution in [2.45, 2.75) is 6.61 Å². The van der Waals surface area contributed by atoms with Crippen LogP contribution in [0.4, 0.5) is 5.82 Å². The first-order chi connectivity index (χ1) is 7.79. The van der Waals surface area contributed by atoms with Crippen LogP contribution in [0.3, 0.4) is 0 Å². The van der Waals surface area contributed by atoms with Gasteiger partial charge in [0.1, 0.15) is 5.82 Å². The summed E-state index contributed by atoms with van der Waals surface area (Å²) in [7, 11) is 0. The number of benzene rings is 1. The van der Waals surface area contributed by atoms with E-state index < -0.39 is 0 Å². The first kappa shape index (κ1) is 10.4. The summed E-state index contributed by atoms with van der Waals surface area (Å²) in [6, 6.07) is 8.41. The minimum absolute atomic E-state index is 0.0253. The fourth-order valence-corrected chi connectivity index (χ4v) is 1.28. The summed E-state index contributed by atoms with van der Waals surface area (Å²) in [5.74, 6) is 0.338. The van der Waals surface area contributed by atoms with Gasteiger partial charge in [0, 0.05) is 11.6 Å². The lowest BCUT2D eigenvalue weighted by molar-refractivity contribution is 0.102. The predicted octanol–water partition coefficient (Wildman–Crippen LogP) is 1.15. The molecule has 0 aliphatic carbocycles. The van der Waals surface area contributed by atoms with Crippen molar-refractivity contribution in [2.24, 2.45) is 0 Å². The summed E-state index contributed by atoms with van der Waals surface area (Å²) < 4.78 is 0. The Morgan fingerprint density at radius 1 is 1.31 bits per heavy atom. The van der Waals surface area contributed by atoms with Gasteiger partial charge < -0.3 is 10.4 Å². The van der Waals surface area contributed by atoms with Crippen LogP contribution in [0.5, 0.6) is 0 Å². The van der Waals surface area contributed by atoms with E-state index in [9.17, 15) is 4.79 Å². The molecule has 5 nitrogen and oxygen atoms in total. The summed E-state index contributed by atoms with van der Waals surface area (Å²) in [4.78, 5) is 11.7. The number of aromatic amines is 1. The molecule has 0 fully saturated rings. The fourth-order valence-electron chi connectivity index (χ4n) is 1.28. The van der Waals surface area contributed by atoms with Crippen LogP contribution in [-0.4, -0.2) is 21.2 Å². The highest BCUT2D eigenvalue weighted by Crippen LogP contribution is 2.07. The highest BCUT2D eigenvalue weighted by atomic mass is 16.3. The number of hydrogen-bond donors (Lipinski definition) is 3. The molecule has 3 N–H and O–H groups in total. The smallest absolute Gasteiger partial charge is 0.256 e. The zero-order valence-corrected chi connectivity index (χ0v) is 8.47. The topological polar surface area (TPSA) is 78.0 Å². The van der Waals surface area contributed by atoms with Gasteiger partial charge in [-0.3, -0.25) is 9.89 Å². The lowest BCUT2D eigenvalue weighted by Crippen LogP contribution is -2.12. The van der Waals surface area contributed by atoms with E-state index >= 15 is 0 Å². The maximum Gasteiger partial charge on any atom is 0.256 e. The summed E-state index contributed by atoms with van der Waals surface area (Å²) in [6.07, 6.45) is 1.56. The van der Waals surface area contributed by atoms with E-state index in [1.807, 2.05) is 0 Å². The van der Waals surface area contributed by atoms with Crippen molar-refractivity contribution in [1.82, 2.24) is 10.2 Å². The van der Waals surface area contributed by atoms with Crippen molar-refractivity contribution < 1.29 is 9.90 Å². The number of aliphatic hydroxyl groups is 1. The number of aliphatic hydroxyl groups excluding tert-OH is 1. The van der Waals surface area contributed by atoms with Crippen molar-refractivity contribution in [3.05, 3.63) is 47.7 Å². The van der Waals surface area contributed by atoms with Gasteiger partial charge in [0.2, 0.25) is 0 Å². The maximum absolute atomic E-state index is 11.7. The molecule has 0 aliphatic rings. The average molecular weight is 217 g/mol. The highest BCUT2D eigenvalue weighted by Gasteiger charge is 2.05. The van der Waals surface area contributed by atoms with Crippen molar-refractivity contribution in [1.29, 1.82) is 0 Å². The lowest BCUT2D eigenvalue weighted by atomic mass is 10.1. The van der Waals surface area contributed by atoms with E-state index in [2.05, 4.69) is 15.5 Å². The maximum atomic E-state index is 11.7. The van der Waals surface area contributed by atoms with E-state index in [1.54, 1.807) is 36.5 Å². The van der Waals surface area contributed by atoms with Gasteiger partial charge in [0.25, 0.3) is 5.91 Å². The Bertz CT molecular complexity index is 462. The van der Waals surface area contributed by atoms with Crippen molar-refractivity contribution in [3.8, 4) is 0 Å². The third-order valence-electron chi connectivity index (χ3n) is 2.15. The van der Waals surface area contributed by atoms with E-state index in [1.165, 1.54) is 0 Å². The van der Waals surface area contributed by atoms with Gasteiger partial charge in [0.15, 0.2) is 0 Å². The molecule has 1 amide bonds. The monoisotopic (exact) mass is 217 g/mol. The van der Waals surface area contributed by atoms with Crippen LogP contribution in [0, 0.1) is 0 Å². The van der Waals surface area contributed by atoms with E-state index in [-0.39, 0.29) is 12.5 Å². The average Bonchev–Trinajstić information content (AvgIpc) is 2.82. The molecule has 0 saturated carbocycles. The third kappa shape index (κ3) is 2.26. The van der Waals surface area contributed by atoms with Crippen LogP contribution >= 0.6 is 0 Å². The molecule has 0 spiro atoms. The lowest BCUT2D eigenvalue weighted by Gasteiger charge is -2.03. The van der Waals surface area contributed by atoms with Crippen LogP contribution in [-0.2, 0) is 6.61 Å². The van der Waals surface area contributed by atoms with Crippen LogP contribution in [0.25, 0.3) is 0 Å². The molecule has 1 heterocycles. The summed E-state index contributed by atoms with van der Waals surface area (Å²) in [5.41, 5.74) is 1.31. The molecule has 16 heavy (non-hydrogen) atoms. The number of carbonyl (C=O) groups excluding carboxylic acids is 1. The van der Waals surface area contributed by atoms with Gasteiger partial charge in [0.05, 0.1) is 12.8 Å². The molecule has 0 saturated heterocycles. The quantitative estimate of drug-likeness (QED) is 0.721. The second-order valence-corrected chi connectivity index (χ2v) is 3.28. The van der Waals surface area contributed by atoms with Gasteiger partial charge in [-0.15, -0.1) is 0 Å². The van der Waals surface area contributed by atoms with Gasteiger partial charge in [-0.1, -0.05) is 12.1 Å². The Morgan fingerprint density at radius 2 is 2.06 bits per heavy atom. The number of aromatic nitrogens is 2. The summed E-state index contributed by atoms with van der Waals surface area (Å²) in [5, 5.41) is 17.9. The van der Waals surface area contributed by atoms with Crippen LogP contribution in [0.15, 0.2) is 36.5 Å². The summed E-state index contributed by atoms with van der Waals surface area (Å²) >= 11 is 0. The predicted molar refractivity (Wildman–Crippen MR) is 58.9 cm³/mol. The van der Waals surface area contributed by atoms with Gasteiger partial charge in [-0.2, -0.15) is 5.10 Å². The number of anilines is 1. The molecule has 0 unspecified atom stereocenters. The summed E-state index contributed by atoms with van der Waals surface area (Å²) in [6.45, 7) is -0.0253. The van der Waals surface area contributed by atoms with E-state index in [4.69, 9.17) is 5.11 Å². The standard InChI is InChI=1S/C11H11N3O2/c15-7-8-1-3-9(4-2-8)11(16)13-10-5-6-12-14-10/h1-6,15H,7H2,(H2,12,13,14,16). The molecule has 1 aromatic heterocycles. The minimum Gasteiger partial charge on any atom is -0.392 e. The number of carbonyl (C=O) groups is 1. The largest absolute Gasteiger partial charge is 0.392 e. The third-order valence-corrected chi connectivity index (χ3v) is 2.15. The molecule has 0 bridgehead atoms. The molecular formula is C11H11N3O2. The van der Waals surface area contributed by atoms with Crippen molar-refractivity contribution in [3.63, 3.8) is 0 Å². The number of nitrogens with zero attached hydrogens (tertiary/aromatic N) is 1. The van der Waals surface area contributed by atoms with Gasteiger partial charge >= 0.3 is 0 Å². The fraction of sp³-hybridized carbons (Fsp3) is 0.0909. The Morgan fingerprint density at radius 3 is 2.62 bits per heavy atom. The zero-order chi connectivity index (χ0) is 11.4. The number of H-pyrrole nitrogens is 1. The van der Waals surface area contributed by atoms with Crippen LogP contribution < -0.4 is 5.32 Å². The Hall–Kier alpha value is -2.14. The zero-order valence-electron chi connectivity index (χ0n) is 8.47. The Balaban J connectivity index is 2.09. The molecule has 82 valence electrons. The van der Waals surface area contributed by atoms with Gasteiger partial charge in [-0.05, 0) is 17.7 Å². The van der Waals surface area contributed by atoms with Crippen molar-refractivity contribution >= 4 is 11.7 Å². The molecule has 5 heteroatoms. The number of hydrogen-bond acceptors (Lipinski definition) is 3. The molecule has 0 atom stereocenters.